The minimum absolute atomic E-state index is 0.283. The summed E-state index contributed by atoms with van der Waals surface area (Å²) in [7, 11) is 0. The zero-order valence-corrected chi connectivity index (χ0v) is 11.8. The zero-order chi connectivity index (χ0) is 14.1. The summed E-state index contributed by atoms with van der Waals surface area (Å²) in [5, 5.41) is 2.17. The SMILES string of the molecule is CC(C)N(CCN)c1nccc2cc3c(cc12)OCO3. The molecule has 0 fully saturated rings. The van der Waals surface area contributed by atoms with Gasteiger partial charge >= 0.3 is 0 Å². The molecule has 0 unspecified atom stereocenters. The predicted molar refractivity (Wildman–Crippen MR) is 79.4 cm³/mol. The molecule has 0 spiro atoms. The fourth-order valence-corrected chi connectivity index (χ4v) is 2.52. The Morgan fingerprint density at radius 1 is 1.30 bits per heavy atom. The number of rotatable bonds is 4. The van der Waals surface area contributed by atoms with E-state index in [2.05, 4.69) is 23.7 Å². The Kier molecular flexibility index (Phi) is 3.36. The summed E-state index contributed by atoms with van der Waals surface area (Å²) in [5.41, 5.74) is 5.72. The number of benzene rings is 1. The van der Waals surface area contributed by atoms with Crippen LogP contribution < -0.4 is 20.1 Å². The van der Waals surface area contributed by atoms with Crippen molar-refractivity contribution in [2.75, 3.05) is 24.8 Å². The van der Waals surface area contributed by atoms with Gasteiger partial charge in [0.2, 0.25) is 6.79 Å². The van der Waals surface area contributed by atoms with Crippen molar-refractivity contribution in [2.24, 2.45) is 5.73 Å². The van der Waals surface area contributed by atoms with E-state index in [-0.39, 0.29) is 6.79 Å². The monoisotopic (exact) mass is 273 g/mol. The van der Waals surface area contributed by atoms with Crippen LogP contribution >= 0.6 is 0 Å². The molecule has 2 heterocycles. The Labute approximate surface area is 118 Å². The van der Waals surface area contributed by atoms with E-state index in [4.69, 9.17) is 15.2 Å². The van der Waals surface area contributed by atoms with Gasteiger partial charge in [0.05, 0.1) is 0 Å². The second kappa shape index (κ2) is 5.17. The number of pyridine rings is 1. The molecule has 0 saturated heterocycles. The third kappa shape index (κ3) is 2.14. The van der Waals surface area contributed by atoms with E-state index in [9.17, 15) is 0 Å². The van der Waals surface area contributed by atoms with Crippen LogP contribution in [0.25, 0.3) is 10.8 Å². The highest BCUT2D eigenvalue weighted by molar-refractivity contribution is 5.94. The highest BCUT2D eigenvalue weighted by atomic mass is 16.7. The third-order valence-electron chi connectivity index (χ3n) is 3.50. The van der Waals surface area contributed by atoms with Crippen molar-refractivity contribution in [1.29, 1.82) is 0 Å². The molecule has 1 aromatic carbocycles. The topological polar surface area (TPSA) is 60.6 Å². The summed E-state index contributed by atoms with van der Waals surface area (Å²) >= 11 is 0. The van der Waals surface area contributed by atoms with Crippen molar-refractivity contribution in [1.82, 2.24) is 4.98 Å². The first-order chi connectivity index (χ1) is 9.70. The minimum Gasteiger partial charge on any atom is -0.454 e. The van der Waals surface area contributed by atoms with Crippen LogP contribution in [0.4, 0.5) is 5.82 Å². The van der Waals surface area contributed by atoms with E-state index < -0.39 is 0 Å². The van der Waals surface area contributed by atoms with Gasteiger partial charge in [-0.05, 0) is 37.4 Å². The maximum absolute atomic E-state index is 5.72. The first-order valence-electron chi connectivity index (χ1n) is 6.86. The standard InChI is InChI=1S/C15H19N3O2/c1-10(2)18(6-4-16)15-12-8-14-13(19-9-20-14)7-11(12)3-5-17-15/h3,5,7-8,10H,4,6,9,16H2,1-2H3. The molecular weight excluding hydrogens is 254 g/mol. The van der Waals surface area contributed by atoms with E-state index in [1.165, 1.54) is 0 Å². The van der Waals surface area contributed by atoms with Crippen molar-refractivity contribution in [3.63, 3.8) is 0 Å². The molecule has 0 aliphatic carbocycles. The zero-order valence-electron chi connectivity index (χ0n) is 11.8. The van der Waals surface area contributed by atoms with Crippen molar-refractivity contribution < 1.29 is 9.47 Å². The highest BCUT2D eigenvalue weighted by Crippen LogP contribution is 2.38. The third-order valence-corrected chi connectivity index (χ3v) is 3.50. The molecule has 0 radical (unpaired) electrons. The molecule has 1 aromatic heterocycles. The molecule has 3 rings (SSSR count). The van der Waals surface area contributed by atoms with Gasteiger partial charge in [0, 0.05) is 30.7 Å². The number of anilines is 1. The number of nitrogens with two attached hydrogens (primary N) is 1. The number of nitrogens with zero attached hydrogens (tertiary/aromatic N) is 2. The molecule has 5 heteroatoms. The summed E-state index contributed by atoms with van der Waals surface area (Å²) in [6.07, 6.45) is 1.83. The van der Waals surface area contributed by atoms with Gasteiger partial charge < -0.3 is 20.1 Å². The maximum atomic E-state index is 5.72. The average molecular weight is 273 g/mol. The summed E-state index contributed by atoms with van der Waals surface area (Å²) in [5.74, 6) is 2.52. The van der Waals surface area contributed by atoms with Crippen molar-refractivity contribution in [3.05, 3.63) is 24.4 Å². The molecule has 0 amide bonds. The molecule has 1 aliphatic rings. The Bertz CT molecular complexity index is 628. The first kappa shape index (κ1) is 13.0. The fraction of sp³-hybridized carbons (Fsp3) is 0.400. The molecule has 2 aromatic rings. The van der Waals surface area contributed by atoms with E-state index in [1.807, 2.05) is 24.4 Å². The number of aromatic nitrogens is 1. The largest absolute Gasteiger partial charge is 0.454 e. The van der Waals surface area contributed by atoms with Crippen LogP contribution in [0, 0.1) is 0 Å². The van der Waals surface area contributed by atoms with Gasteiger partial charge in [0.1, 0.15) is 5.82 Å². The van der Waals surface area contributed by atoms with Crippen LogP contribution in [0.15, 0.2) is 24.4 Å². The van der Waals surface area contributed by atoms with E-state index in [1.54, 1.807) is 0 Å². The lowest BCUT2D eigenvalue weighted by Crippen LogP contribution is -2.36. The Balaban J connectivity index is 2.15. The molecule has 5 nitrogen and oxygen atoms in total. The number of fused-ring (bicyclic) bond motifs is 2. The normalized spacial score (nSPS) is 13.2. The van der Waals surface area contributed by atoms with E-state index in [0.717, 1.165) is 34.6 Å². The van der Waals surface area contributed by atoms with Gasteiger partial charge in [-0.2, -0.15) is 0 Å². The van der Waals surface area contributed by atoms with Crippen molar-refractivity contribution in [3.8, 4) is 11.5 Å². The van der Waals surface area contributed by atoms with Gasteiger partial charge in [0.15, 0.2) is 11.5 Å². The summed E-state index contributed by atoms with van der Waals surface area (Å²) in [6.45, 7) is 5.94. The quantitative estimate of drug-likeness (QED) is 0.924. The molecule has 1 aliphatic heterocycles. The average Bonchev–Trinajstić information content (AvgIpc) is 2.88. The minimum atomic E-state index is 0.283. The van der Waals surface area contributed by atoms with E-state index in [0.29, 0.717) is 12.6 Å². The maximum Gasteiger partial charge on any atom is 0.231 e. The van der Waals surface area contributed by atoms with Gasteiger partial charge in [-0.1, -0.05) is 0 Å². The highest BCUT2D eigenvalue weighted by Gasteiger charge is 2.19. The van der Waals surface area contributed by atoms with Crippen molar-refractivity contribution in [2.45, 2.75) is 19.9 Å². The van der Waals surface area contributed by atoms with Crippen LogP contribution in [-0.4, -0.2) is 30.9 Å². The fourth-order valence-electron chi connectivity index (χ4n) is 2.52. The number of ether oxygens (including phenoxy) is 2. The lowest BCUT2D eigenvalue weighted by Gasteiger charge is -2.28. The van der Waals surface area contributed by atoms with Crippen LogP contribution in [0.2, 0.25) is 0 Å². The molecule has 0 saturated carbocycles. The Morgan fingerprint density at radius 3 is 2.75 bits per heavy atom. The molecule has 20 heavy (non-hydrogen) atoms. The molecular formula is C15H19N3O2. The summed E-state index contributed by atoms with van der Waals surface area (Å²) < 4.78 is 10.9. The van der Waals surface area contributed by atoms with Crippen LogP contribution in [0.1, 0.15) is 13.8 Å². The lowest BCUT2D eigenvalue weighted by atomic mass is 10.1. The first-order valence-corrected chi connectivity index (χ1v) is 6.86. The second-order valence-electron chi connectivity index (χ2n) is 5.14. The smallest absolute Gasteiger partial charge is 0.231 e. The van der Waals surface area contributed by atoms with Crippen molar-refractivity contribution >= 4 is 16.6 Å². The summed E-state index contributed by atoms with van der Waals surface area (Å²) in [6, 6.07) is 6.33. The van der Waals surface area contributed by atoms with Crippen LogP contribution in [-0.2, 0) is 0 Å². The van der Waals surface area contributed by atoms with Gasteiger partial charge in [-0.3, -0.25) is 0 Å². The van der Waals surface area contributed by atoms with E-state index >= 15 is 0 Å². The van der Waals surface area contributed by atoms with Crippen LogP contribution in [0.5, 0.6) is 11.5 Å². The second-order valence-corrected chi connectivity index (χ2v) is 5.14. The van der Waals surface area contributed by atoms with Gasteiger partial charge in [-0.15, -0.1) is 0 Å². The predicted octanol–water partition coefficient (Wildman–Crippen LogP) is 2.14. The van der Waals surface area contributed by atoms with Crippen LogP contribution in [0.3, 0.4) is 0 Å². The van der Waals surface area contributed by atoms with Gasteiger partial charge in [-0.25, -0.2) is 4.98 Å². The molecule has 0 bridgehead atoms. The summed E-state index contributed by atoms with van der Waals surface area (Å²) in [4.78, 5) is 6.76. The van der Waals surface area contributed by atoms with Gasteiger partial charge in [0.25, 0.3) is 0 Å². The number of hydrogen-bond acceptors (Lipinski definition) is 5. The Morgan fingerprint density at radius 2 is 2.05 bits per heavy atom. The lowest BCUT2D eigenvalue weighted by molar-refractivity contribution is 0.174. The molecule has 0 atom stereocenters. The molecule has 2 N–H and O–H groups in total. The number of hydrogen-bond donors (Lipinski definition) is 1. The Hall–Kier alpha value is -2.01. The molecule has 106 valence electrons.